The van der Waals surface area contributed by atoms with Crippen LogP contribution >= 0.6 is 11.6 Å². The molecular weight excluding hydrogens is 286 g/mol. The van der Waals surface area contributed by atoms with Gasteiger partial charge in [0.15, 0.2) is 0 Å². The van der Waals surface area contributed by atoms with Crippen molar-refractivity contribution in [1.82, 2.24) is 5.01 Å². The number of carbonyl (C=O) groups excluding carboxylic acids is 1. The highest BCUT2D eigenvalue weighted by atomic mass is 35.5. The lowest BCUT2D eigenvalue weighted by atomic mass is 10.1. The van der Waals surface area contributed by atoms with Crippen molar-refractivity contribution in [3.63, 3.8) is 0 Å². The Bertz CT molecular complexity index is 683. The van der Waals surface area contributed by atoms with Crippen LogP contribution in [0.15, 0.2) is 53.6 Å². The molecule has 2 rings (SSSR count). The van der Waals surface area contributed by atoms with Crippen LogP contribution in [0.25, 0.3) is 0 Å². The summed E-state index contributed by atoms with van der Waals surface area (Å²) < 4.78 is 0. The van der Waals surface area contributed by atoms with Gasteiger partial charge in [0, 0.05) is 7.05 Å². The zero-order chi connectivity index (χ0) is 15.4. The van der Waals surface area contributed by atoms with Crippen molar-refractivity contribution in [1.29, 1.82) is 0 Å². The number of rotatable bonds is 3. The monoisotopic (exact) mass is 301 g/mol. The molecule has 2 aromatic carbocycles. The van der Waals surface area contributed by atoms with E-state index in [0.717, 1.165) is 11.3 Å². The fourth-order valence-electron chi connectivity index (χ4n) is 1.91. The van der Waals surface area contributed by atoms with Gasteiger partial charge in [-0.25, -0.2) is 5.01 Å². The Hall–Kier alpha value is -2.33. The summed E-state index contributed by atoms with van der Waals surface area (Å²) in [6, 6.07) is 14.6. The normalized spacial score (nSPS) is 11.3. The average molecular weight is 302 g/mol. The molecule has 0 atom stereocenters. The molecule has 2 N–H and O–H groups in total. The quantitative estimate of drug-likeness (QED) is 0.536. The fourth-order valence-corrected chi connectivity index (χ4v) is 2.08. The number of hydrogen-bond donors (Lipinski definition) is 1. The van der Waals surface area contributed by atoms with Crippen molar-refractivity contribution >= 4 is 28.9 Å². The lowest BCUT2D eigenvalue weighted by molar-refractivity contribution is 0.0800. The predicted octanol–water partition coefficient (Wildman–Crippen LogP) is 3.42. The Morgan fingerprint density at radius 3 is 2.48 bits per heavy atom. The minimum Gasteiger partial charge on any atom is -0.397 e. The van der Waals surface area contributed by atoms with Gasteiger partial charge in [0.2, 0.25) is 0 Å². The number of nitrogens with zero attached hydrogens (tertiary/aromatic N) is 2. The van der Waals surface area contributed by atoms with Gasteiger partial charge in [0.05, 0.1) is 22.0 Å². The Morgan fingerprint density at radius 2 is 1.81 bits per heavy atom. The summed E-state index contributed by atoms with van der Waals surface area (Å²) in [7, 11) is 1.59. The number of anilines is 1. The van der Waals surface area contributed by atoms with E-state index in [1.165, 1.54) is 5.01 Å². The van der Waals surface area contributed by atoms with Gasteiger partial charge in [-0.3, -0.25) is 4.79 Å². The predicted molar refractivity (Wildman–Crippen MR) is 86.6 cm³/mol. The van der Waals surface area contributed by atoms with Gasteiger partial charge >= 0.3 is 0 Å². The van der Waals surface area contributed by atoms with Crippen LogP contribution in [0.1, 0.15) is 22.8 Å². The van der Waals surface area contributed by atoms with E-state index in [-0.39, 0.29) is 11.6 Å². The third-order valence-corrected chi connectivity index (χ3v) is 3.40. The van der Waals surface area contributed by atoms with E-state index >= 15 is 0 Å². The molecule has 0 spiro atoms. The van der Waals surface area contributed by atoms with E-state index in [1.807, 2.05) is 37.3 Å². The van der Waals surface area contributed by atoms with Crippen LogP contribution in [0.4, 0.5) is 5.69 Å². The van der Waals surface area contributed by atoms with E-state index in [0.29, 0.717) is 10.6 Å². The van der Waals surface area contributed by atoms with Gasteiger partial charge in [0.1, 0.15) is 0 Å². The van der Waals surface area contributed by atoms with Crippen molar-refractivity contribution < 1.29 is 4.79 Å². The summed E-state index contributed by atoms with van der Waals surface area (Å²) >= 11 is 5.93. The van der Waals surface area contributed by atoms with Gasteiger partial charge < -0.3 is 5.73 Å². The number of para-hydroxylation sites is 1. The van der Waals surface area contributed by atoms with Crippen LogP contribution in [-0.2, 0) is 0 Å². The smallest absolute Gasteiger partial charge is 0.275 e. The second kappa shape index (κ2) is 6.41. The molecule has 0 heterocycles. The summed E-state index contributed by atoms with van der Waals surface area (Å²) in [4.78, 5) is 12.4. The molecule has 0 bridgehead atoms. The standard InChI is InChI=1S/C16H16ClN3O/c1-11(12-7-4-3-5-8-12)19-20(2)16(21)13-9-6-10-14(17)15(13)18/h3-10H,18H2,1-2H3/b19-11-. The summed E-state index contributed by atoms with van der Waals surface area (Å²) in [6.07, 6.45) is 0. The molecule has 2 aromatic rings. The molecule has 0 fully saturated rings. The maximum Gasteiger partial charge on any atom is 0.275 e. The van der Waals surface area contributed by atoms with Gasteiger partial charge in [-0.05, 0) is 24.6 Å². The molecular formula is C16H16ClN3O. The van der Waals surface area contributed by atoms with E-state index < -0.39 is 0 Å². The average Bonchev–Trinajstić information content (AvgIpc) is 2.50. The first-order valence-corrected chi connectivity index (χ1v) is 6.81. The molecule has 0 radical (unpaired) electrons. The number of carbonyl (C=O) groups is 1. The first-order chi connectivity index (χ1) is 10.0. The minimum absolute atomic E-state index is 0.267. The van der Waals surface area contributed by atoms with Crippen molar-refractivity contribution in [3.8, 4) is 0 Å². The third-order valence-electron chi connectivity index (χ3n) is 3.07. The summed E-state index contributed by atoms with van der Waals surface area (Å²) in [6.45, 7) is 1.85. The number of benzene rings is 2. The lowest BCUT2D eigenvalue weighted by Gasteiger charge is -2.14. The van der Waals surface area contributed by atoms with E-state index in [1.54, 1.807) is 25.2 Å². The van der Waals surface area contributed by atoms with Gasteiger partial charge in [-0.15, -0.1) is 0 Å². The number of hydrogen-bond acceptors (Lipinski definition) is 3. The molecule has 0 aliphatic heterocycles. The molecule has 5 heteroatoms. The van der Waals surface area contributed by atoms with Crippen LogP contribution in [-0.4, -0.2) is 23.7 Å². The Kier molecular flexibility index (Phi) is 4.60. The van der Waals surface area contributed by atoms with Crippen molar-refractivity contribution in [2.24, 2.45) is 5.10 Å². The van der Waals surface area contributed by atoms with Gasteiger partial charge in [0.25, 0.3) is 5.91 Å². The van der Waals surface area contributed by atoms with Crippen molar-refractivity contribution in [2.45, 2.75) is 6.92 Å². The highest BCUT2D eigenvalue weighted by Crippen LogP contribution is 2.23. The maximum absolute atomic E-state index is 12.4. The summed E-state index contributed by atoms with van der Waals surface area (Å²) in [5.74, 6) is -0.301. The first-order valence-electron chi connectivity index (χ1n) is 6.43. The Morgan fingerprint density at radius 1 is 1.14 bits per heavy atom. The van der Waals surface area contributed by atoms with Crippen LogP contribution in [0, 0.1) is 0 Å². The zero-order valence-electron chi connectivity index (χ0n) is 11.9. The molecule has 108 valence electrons. The van der Waals surface area contributed by atoms with Crippen molar-refractivity contribution in [3.05, 3.63) is 64.7 Å². The number of nitrogen functional groups attached to an aromatic ring is 1. The second-order valence-corrected chi connectivity index (χ2v) is 4.99. The number of amides is 1. The van der Waals surface area contributed by atoms with Crippen molar-refractivity contribution in [2.75, 3.05) is 12.8 Å². The van der Waals surface area contributed by atoms with Crippen LogP contribution in [0.2, 0.25) is 5.02 Å². The molecule has 4 nitrogen and oxygen atoms in total. The lowest BCUT2D eigenvalue weighted by Crippen LogP contribution is -2.23. The maximum atomic E-state index is 12.4. The van der Waals surface area contributed by atoms with Gasteiger partial charge in [-0.1, -0.05) is 48.0 Å². The molecule has 0 aromatic heterocycles. The van der Waals surface area contributed by atoms with E-state index in [4.69, 9.17) is 17.3 Å². The van der Waals surface area contributed by atoms with Crippen LogP contribution in [0.3, 0.4) is 0 Å². The zero-order valence-corrected chi connectivity index (χ0v) is 12.6. The highest BCUT2D eigenvalue weighted by molar-refractivity contribution is 6.33. The van der Waals surface area contributed by atoms with Crippen LogP contribution < -0.4 is 5.73 Å². The molecule has 1 amide bonds. The van der Waals surface area contributed by atoms with Gasteiger partial charge in [-0.2, -0.15) is 5.10 Å². The number of hydrazone groups is 1. The molecule has 0 unspecified atom stereocenters. The fraction of sp³-hybridized carbons (Fsp3) is 0.125. The molecule has 0 aliphatic rings. The van der Waals surface area contributed by atoms with E-state index in [2.05, 4.69) is 5.10 Å². The highest BCUT2D eigenvalue weighted by Gasteiger charge is 2.16. The molecule has 0 saturated heterocycles. The SMILES string of the molecule is C/C(=N/N(C)C(=O)c1cccc(Cl)c1N)c1ccccc1. The first kappa shape index (κ1) is 15.1. The minimum atomic E-state index is -0.301. The van der Waals surface area contributed by atoms with Crippen LogP contribution in [0.5, 0.6) is 0 Å². The third kappa shape index (κ3) is 3.41. The second-order valence-electron chi connectivity index (χ2n) is 4.58. The number of halogens is 1. The topological polar surface area (TPSA) is 58.7 Å². The largest absolute Gasteiger partial charge is 0.397 e. The molecule has 0 saturated carbocycles. The molecule has 21 heavy (non-hydrogen) atoms. The number of nitrogens with two attached hydrogens (primary N) is 1. The summed E-state index contributed by atoms with van der Waals surface area (Å²) in [5, 5.41) is 5.92. The Labute approximate surface area is 128 Å². The Balaban J connectivity index is 2.26. The summed E-state index contributed by atoms with van der Waals surface area (Å²) in [5.41, 5.74) is 8.14. The van der Waals surface area contributed by atoms with E-state index in [9.17, 15) is 4.79 Å². The molecule has 0 aliphatic carbocycles.